The topological polar surface area (TPSA) is 55.8 Å². The van der Waals surface area contributed by atoms with Crippen molar-refractivity contribution in [2.24, 2.45) is 0 Å². The van der Waals surface area contributed by atoms with E-state index in [0.29, 0.717) is 19.5 Å². The molecule has 0 spiro atoms. The largest absolute Gasteiger partial charge is 0.392 e. The summed E-state index contributed by atoms with van der Waals surface area (Å²) in [6.07, 6.45) is 0.0651. The average Bonchev–Trinajstić information content (AvgIpc) is 2.90. The SMILES string of the molecule is CC(C)(C)NCC(O)CCN1c2ccccc2N(c2ccccc2)S1=O. The van der Waals surface area contributed by atoms with Gasteiger partial charge in [-0.05, 0) is 51.5 Å². The maximum absolute atomic E-state index is 13.2. The van der Waals surface area contributed by atoms with Crippen molar-refractivity contribution in [2.45, 2.75) is 38.8 Å². The van der Waals surface area contributed by atoms with Crippen LogP contribution in [0.15, 0.2) is 54.6 Å². The lowest BCUT2D eigenvalue weighted by atomic mass is 10.1. The summed E-state index contributed by atoms with van der Waals surface area (Å²) in [5.41, 5.74) is 2.73. The van der Waals surface area contributed by atoms with Crippen LogP contribution in [0.25, 0.3) is 0 Å². The summed E-state index contributed by atoms with van der Waals surface area (Å²) in [6.45, 7) is 7.27. The molecule has 0 saturated carbocycles. The zero-order valence-corrected chi connectivity index (χ0v) is 16.4. The van der Waals surface area contributed by atoms with Gasteiger partial charge in [-0.3, -0.25) is 4.31 Å². The monoisotopic (exact) mass is 373 g/mol. The number of hydrogen-bond donors (Lipinski definition) is 2. The van der Waals surface area contributed by atoms with Gasteiger partial charge in [-0.2, -0.15) is 0 Å². The second-order valence-electron chi connectivity index (χ2n) is 7.52. The van der Waals surface area contributed by atoms with Crippen molar-refractivity contribution in [3.8, 4) is 0 Å². The molecule has 0 aromatic heterocycles. The van der Waals surface area contributed by atoms with Gasteiger partial charge < -0.3 is 10.4 Å². The second kappa shape index (κ2) is 7.78. The Morgan fingerprint density at radius 1 is 1.04 bits per heavy atom. The van der Waals surface area contributed by atoms with Gasteiger partial charge in [0.2, 0.25) is 11.2 Å². The van der Waals surface area contributed by atoms with Crippen LogP contribution in [0.3, 0.4) is 0 Å². The first-order chi connectivity index (χ1) is 12.4. The summed E-state index contributed by atoms with van der Waals surface area (Å²) >= 11 is -1.35. The van der Waals surface area contributed by atoms with Crippen molar-refractivity contribution >= 4 is 28.2 Å². The highest BCUT2D eigenvalue weighted by atomic mass is 32.2. The molecule has 0 amide bonds. The lowest BCUT2D eigenvalue weighted by molar-refractivity contribution is 0.154. The van der Waals surface area contributed by atoms with Crippen molar-refractivity contribution < 1.29 is 9.32 Å². The summed E-state index contributed by atoms with van der Waals surface area (Å²) in [7, 11) is 0. The summed E-state index contributed by atoms with van der Waals surface area (Å²) in [4.78, 5) is 0. The van der Waals surface area contributed by atoms with E-state index in [2.05, 4.69) is 26.1 Å². The zero-order valence-electron chi connectivity index (χ0n) is 15.6. The van der Waals surface area contributed by atoms with Gasteiger partial charge in [0.1, 0.15) is 0 Å². The van der Waals surface area contributed by atoms with Crippen LogP contribution in [0.4, 0.5) is 17.1 Å². The van der Waals surface area contributed by atoms with Crippen LogP contribution in [0.2, 0.25) is 0 Å². The lowest BCUT2D eigenvalue weighted by Gasteiger charge is -2.24. The van der Waals surface area contributed by atoms with Gasteiger partial charge in [-0.25, -0.2) is 8.51 Å². The average molecular weight is 374 g/mol. The Labute approximate surface area is 158 Å². The Balaban J connectivity index is 1.73. The summed E-state index contributed by atoms with van der Waals surface area (Å²) in [5.74, 6) is 0. The van der Waals surface area contributed by atoms with Crippen LogP contribution in [0, 0.1) is 0 Å². The number of rotatable bonds is 6. The minimum atomic E-state index is -1.35. The van der Waals surface area contributed by atoms with E-state index in [1.54, 1.807) is 0 Å². The molecular formula is C20H27N3O2S. The molecule has 1 heterocycles. The predicted octanol–water partition coefficient (Wildman–Crippen LogP) is 3.36. The number of hydrogen-bond acceptors (Lipinski definition) is 3. The van der Waals surface area contributed by atoms with E-state index in [9.17, 15) is 9.32 Å². The van der Waals surface area contributed by atoms with Crippen molar-refractivity contribution in [3.63, 3.8) is 0 Å². The summed E-state index contributed by atoms with van der Waals surface area (Å²) < 4.78 is 16.9. The second-order valence-corrected chi connectivity index (χ2v) is 8.79. The number of benzene rings is 2. The molecule has 0 aliphatic carbocycles. The Bertz CT molecular complexity index is 761. The van der Waals surface area contributed by atoms with E-state index < -0.39 is 17.3 Å². The van der Waals surface area contributed by atoms with Crippen LogP contribution < -0.4 is 13.9 Å². The van der Waals surface area contributed by atoms with Gasteiger partial charge in [-0.15, -0.1) is 0 Å². The standard InChI is InChI=1S/C20H27N3O2S/c1-20(2,3)21-15-17(24)13-14-22-18-11-7-8-12-19(18)23(26(22)25)16-9-5-4-6-10-16/h4-12,17,21,24H,13-15H2,1-3H3. The quantitative estimate of drug-likeness (QED) is 0.816. The third kappa shape index (κ3) is 4.26. The van der Waals surface area contributed by atoms with Crippen molar-refractivity contribution in [3.05, 3.63) is 54.6 Å². The highest BCUT2D eigenvalue weighted by Gasteiger charge is 2.34. The molecule has 1 aliphatic heterocycles. The molecule has 0 radical (unpaired) electrons. The zero-order chi connectivity index (χ0) is 18.7. The molecule has 140 valence electrons. The Morgan fingerprint density at radius 3 is 2.31 bits per heavy atom. The number of anilines is 3. The Kier molecular flexibility index (Phi) is 5.65. The number of aliphatic hydroxyl groups excluding tert-OH is 1. The molecule has 6 heteroatoms. The van der Waals surface area contributed by atoms with Gasteiger partial charge in [0.25, 0.3) is 0 Å². The molecule has 5 nitrogen and oxygen atoms in total. The first kappa shape index (κ1) is 18.9. The molecular weight excluding hydrogens is 346 g/mol. The van der Waals surface area contributed by atoms with Crippen LogP contribution >= 0.6 is 0 Å². The van der Waals surface area contributed by atoms with Gasteiger partial charge in [0, 0.05) is 18.6 Å². The third-order valence-corrected chi connectivity index (χ3v) is 5.71. The van der Waals surface area contributed by atoms with E-state index in [4.69, 9.17) is 0 Å². The molecule has 0 saturated heterocycles. The molecule has 1 aliphatic rings. The normalized spacial score (nSPS) is 18.1. The maximum atomic E-state index is 13.2. The summed E-state index contributed by atoms with van der Waals surface area (Å²) in [6, 6.07) is 17.6. The predicted molar refractivity (Wildman–Crippen MR) is 109 cm³/mol. The fourth-order valence-corrected chi connectivity index (χ4v) is 4.30. The molecule has 2 N–H and O–H groups in total. The van der Waals surface area contributed by atoms with Crippen molar-refractivity contribution in [1.82, 2.24) is 5.32 Å². The molecule has 0 fully saturated rings. The fourth-order valence-electron chi connectivity index (χ4n) is 2.90. The number of fused-ring (bicyclic) bond motifs is 1. The molecule has 0 bridgehead atoms. The maximum Gasteiger partial charge on any atom is 0.230 e. The van der Waals surface area contributed by atoms with Crippen LogP contribution in [-0.4, -0.2) is 34.0 Å². The molecule has 2 atom stereocenters. The molecule has 26 heavy (non-hydrogen) atoms. The summed E-state index contributed by atoms with van der Waals surface area (Å²) in [5, 5.41) is 13.6. The molecule has 2 aromatic rings. The van der Waals surface area contributed by atoms with Crippen molar-refractivity contribution in [1.29, 1.82) is 0 Å². The molecule has 2 unspecified atom stereocenters. The first-order valence-electron chi connectivity index (χ1n) is 8.94. The van der Waals surface area contributed by atoms with Gasteiger partial charge in [0.15, 0.2) is 0 Å². The Morgan fingerprint density at radius 2 is 1.65 bits per heavy atom. The van der Waals surface area contributed by atoms with E-state index in [0.717, 1.165) is 17.1 Å². The number of nitrogens with one attached hydrogen (secondary N) is 1. The highest BCUT2D eigenvalue weighted by molar-refractivity contribution is 7.88. The number of nitrogens with zero attached hydrogens (tertiary/aromatic N) is 2. The van der Waals surface area contributed by atoms with E-state index in [1.807, 2.05) is 63.2 Å². The number of aliphatic hydroxyl groups is 1. The highest BCUT2D eigenvalue weighted by Crippen LogP contribution is 2.43. The van der Waals surface area contributed by atoms with Crippen LogP contribution in [-0.2, 0) is 11.2 Å². The lowest BCUT2D eigenvalue weighted by Crippen LogP contribution is -2.42. The smallest absolute Gasteiger partial charge is 0.230 e. The first-order valence-corrected chi connectivity index (χ1v) is 10.00. The van der Waals surface area contributed by atoms with E-state index >= 15 is 0 Å². The number of para-hydroxylation sites is 3. The Hall–Kier alpha value is -1.89. The van der Waals surface area contributed by atoms with Crippen LogP contribution in [0.5, 0.6) is 0 Å². The van der Waals surface area contributed by atoms with Crippen molar-refractivity contribution in [2.75, 3.05) is 21.7 Å². The van der Waals surface area contributed by atoms with Gasteiger partial charge in [0.05, 0.1) is 23.2 Å². The number of β-amino-alcohol motifs (C(OH)–C–C–N with tert-alkyl or cyclic N) is 1. The molecule has 2 aromatic carbocycles. The minimum absolute atomic E-state index is 0.0336. The minimum Gasteiger partial charge on any atom is -0.392 e. The fraction of sp³-hybridized carbons (Fsp3) is 0.400. The molecule has 3 rings (SSSR count). The van der Waals surface area contributed by atoms with E-state index in [-0.39, 0.29) is 5.54 Å². The van der Waals surface area contributed by atoms with Gasteiger partial charge in [-0.1, -0.05) is 30.3 Å². The van der Waals surface area contributed by atoms with E-state index in [1.165, 1.54) is 0 Å². The third-order valence-electron chi connectivity index (χ3n) is 4.24. The van der Waals surface area contributed by atoms with Crippen LogP contribution in [0.1, 0.15) is 27.2 Å². The van der Waals surface area contributed by atoms with Gasteiger partial charge >= 0.3 is 0 Å².